The molecule has 6 nitrogen and oxygen atoms in total. The predicted molar refractivity (Wildman–Crippen MR) is 89.1 cm³/mol. The fourth-order valence-corrected chi connectivity index (χ4v) is 3.88. The van der Waals surface area contributed by atoms with Crippen LogP contribution in [0.15, 0.2) is 16.5 Å². The molecule has 0 saturated carbocycles. The van der Waals surface area contributed by atoms with Crippen molar-refractivity contribution < 1.29 is 4.79 Å². The minimum atomic E-state index is -0.253. The molecule has 0 aromatic carbocycles. The Labute approximate surface area is 134 Å². The van der Waals surface area contributed by atoms with Crippen LogP contribution in [-0.2, 0) is 6.54 Å². The molecule has 3 aromatic rings. The Morgan fingerprint density at radius 2 is 2.18 bits per heavy atom. The maximum absolute atomic E-state index is 12.4. The molecule has 0 aliphatic heterocycles. The van der Waals surface area contributed by atoms with Gasteiger partial charge >= 0.3 is 0 Å². The summed E-state index contributed by atoms with van der Waals surface area (Å²) in [4.78, 5) is 34.4. The van der Waals surface area contributed by atoms with E-state index < -0.39 is 0 Å². The highest BCUT2D eigenvalue weighted by molar-refractivity contribution is 7.21. The van der Waals surface area contributed by atoms with Crippen LogP contribution in [-0.4, -0.2) is 20.4 Å². The summed E-state index contributed by atoms with van der Waals surface area (Å²) in [5.41, 5.74) is 1.43. The molecular formula is C14H14N4O2S2. The van der Waals surface area contributed by atoms with Gasteiger partial charge in [0, 0.05) is 11.9 Å². The second-order valence-electron chi connectivity index (χ2n) is 4.82. The molecule has 0 fully saturated rings. The van der Waals surface area contributed by atoms with Crippen LogP contribution in [0.4, 0.5) is 5.13 Å². The number of carbonyl (C=O) groups is 1. The summed E-state index contributed by atoms with van der Waals surface area (Å²) < 4.78 is 1.54. The summed E-state index contributed by atoms with van der Waals surface area (Å²) >= 11 is 2.61. The van der Waals surface area contributed by atoms with Crippen LogP contribution in [0.3, 0.4) is 0 Å². The maximum atomic E-state index is 12.4. The Morgan fingerprint density at radius 1 is 1.41 bits per heavy atom. The number of amides is 1. The molecule has 1 N–H and O–H groups in total. The van der Waals surface area contributed by atoms with Gasteiger partial charge in [0.15, 0.2) is 5.13 Å². The first-order valence-electron chi connectivity index (χ1n) is 6.73. The zero-order valence-electron chi connectivity index (χ0n) is 12.3. The molecule has 22 heavy (non-hydrogen) atoms. The number of hydrogen-bond donors (Lipinski definition) is 1. The number of aryl methyl sites for hydroxylation is 3. The number of carbonyl (C=O) groups excluding carboxylic acids is 1. The summed E-state index contributed by atoms with van der Waals surface area (Å²) in [7, 11) is 0. The maximum Gasteiger partial charge on any atom is 0.267 e. The molecule has 3 heterocycles. The monoisotopic (exact) mass is 334 g/mol. The Balaban J connectivity index is 2.04. The van der Waals surface area contributed by atoms with E-state index in [9.17, 15) is 9.59 Å². The average molecular weight is 334 g/mol. The van der Waals surface area contributed by atoms with Crippen molar-refractivity contribution in [3.8, 4) is 0 Å². The number of nitrogens with zero attached hydrogens (tertiary/aromatic N) is 3. The minimum absolute atomic E-state index is 0.106. The third-order valence-electron chi connectivity index (χ3n) is 3.30. The Morgan fingerprint density at radius 3 is 2.82 bits per heavy atom. The molecule has 0 bridgehead atoms. The number of rotatable bonds is 3. The molecule has 0 unspecified atom stereocenters. The summed E-state index contributed by atoms with van der Waals surface area (Å²) in [5.74, 6) is -0.253. The van der Waals surface area contributed by atoms with Crippen LogP contribution in [0, 0.1) is 13.8 Å². The molecule has 3 aromatic heterocycles. The molecule has 0 spiro atoms. The van der Waals surface area contributed by atoms with Gasteiger partial charge in [0.1, 0.15) is 4.83 Å². The number of fused-ring (bicyclic) bond motifs is 1. The summed E-state index contributed by atoms with van der Waals surface area (Å²) in [6, 6.07) is 0. The lowest BCUT2D eigenvalue weighted by Gasteiger charge is -2.01. The normalized spacial score (nSPS) is 11.0. The van der Waals surface area contributed by atoms with E-state index >= 15 is 0 Å². The molecule has 8 heteroatoms. The highest BCUT2D eigenvalue weighted by atomic mass is 32.1. The predicted octanol–water partition coefficient (Wildman–Crippen LogP) is 2.80. The lowest BCUT2D eigenvalue weighted by Crippen LogP contribution is -2.19. The molecule has 0 atom stereocenters. The highest BCUT2D eigenvalue weighted by Gasteiger charge is 2.20. The van der Waals surface area contributed by atoms with E-state index in [0.717, 1.165) is 5.69 Å². The summed E-state index contributed by atoms with van der Waals surface area (Å²) in [6.45, 7) is 6.09. The van der Waals surface area contributed by atoms with Gasteiger partial charge in [-0.25, -0.2) is 9.97 Å². The van der Waals surface area contributed by atoms with E-state index in [2.05, 4.69) is 15.3 Å². The Bertz CT molecular complexity index is 923. The van der Waals surface area contributed by atoms with Gasteiger partial charge < -0.3 is 0 Å². The first-order valence-corrected chi connectivity index (χ1v) is 8.43. The average Bonchev–Trinajstić information content (AvgIpc) is 3.03. The lowest BCUT2D eigenvalue weighted by molar-refractivity contribution is 0.103. The van der Waals surface area contributed by atoms with Crippen molar-refractivity contribution in [1.82, 2.24) is 14.5 Å². The van der Waals surface area contributed by atoms with Gasteiger partial charge in [0.2, 0.25) is 0 Å². The molecule has 0 radical (unpaired) electrons. The molecule has 0 aliphatic carbocycles. The number of thiophene rings is 1. The summed E-state index contributed by atoms with van der Waals surface area (Å²) in [6.07, 6.45) is 1.52. The van der Waals surface area contributed by atoms with Crippen molar-refractivity contribution in [2.24, 2.45) is 0 Å². The van der Waals surface area contributed by atoms with Crippen LogP contribution in [0.25, 0.3) is 10.2 Å². The standard InChI is InChI=1S/C14H14N4O2S2/c1-4-18-6-15-12-9(13(18)20)8(3)10(22-12)11(19)17-14-16-7(2)5-21-14/h5-6H,4H2,1-3H3,(H,16,17,19). The van der Waals surface area contributed by atoms with Gasteiger partial charge in [-0.2, -0.15) is 0 Å². The van der Waals surface area contributed by atoms with Gasteiger partial charge in [-0.05, 0) is 26.3 Å². The highest BCUT2D eigenvalue weighted by Crippen LogP contribution is 2.28. The Kier molecular flexibility index (Phi) is 3.79. The molecule has 3 rings (SSSR count). The minimum Gasteiger partial charge on any atom is -0.299 e. The van der Waals surface area contributed by atoms with Gasteiger partial charge in [0.25, 0.3) is 11.5 Å². The van der Waals surface area contributed by atoms with Crippen LogP contribution in [0.1, 0.15) is 27.9 Å². The third-order valence-corrected chi connectivity index (χ3v) is 5.38. The number of thiazole rings is 1. The largest absolute Gasteiger partial charge is 0.299 e. The fraction of sp³-hybridized carbons (Fsp3) is 0.286. The van der Waals surface area contributed by atoms with Crippen molar-refractivity contribution in [2.45, 2.75) is 27.3 Å². The van der Waals surface area contributed by atoms with Crippen LogP contribution in [0.2, 0.25) is 0 Å². The van der Waals surface area contributed by atoms with Crippen LogP contribution >= 0.6 is 22.7 Å². The van der Waals surface area contributed by atoms with Gasteiger partial charge in [0.05, 0.1) is 22.3 Å². The Hall–Kier alpha value is -2.06. The van der Waals surface area contributed by atoms with Crippen molar-refractivity contribution in [3.63, 3.8) is 0 Å². The van der Waals surface area contributed by atoms with Crippen molar-refractivity contribution in [3.05, 3.63) is 38.2 Å². The first kappa shape index (κ1) is 14.9. The van der Waals surface area contributed by atoms with E-state index in [4.69, 9.17) is 0 Å². The van der Waals surface area contributed by atoms with Gasteiger partial charge in [-0.1, -0.05) is 0 Å². The van der Waals surface area contributed by atoms with E-state index in [0.29, 0.717) is 32.3 Å². The topological polar surface area (TPSA) is 76.9 Å². The number of nitrogens with one attached hydrogen (secondary N) is 1. The number of anilines is 1. The third kappa shape index (κ3) is 2.44. The number of hydrogen-bond acceptors (Lipinski definition) is 6. The van der Waals surface area contributed by atoms with Crippen LogP contribution < -0.4 is 10.9 Å². The van der Waals surface area contributed by atoms with E-state index in [1.165, 1.54) is 33.6 Å². The second kappa shape index (κ2) is 5.62. The molecule has 0 aliphatic rings. The number of aromatic nitrogens is 3. The zero-order chi connectivity index (χ0) is 15.9. The second-order valence-corrected chi connectivity index (χ2v) is 6.68. The summed E-state index contributed by atoms with van der Waals surface area (Å²) in [5, 5.41) is 5.72. The fourth-order valence-electron chi connectivity index (χ4n) is 2.17. The zero-order valence-corrected chi connectivity index (χ0v) is 14.0. The van der Waals surface area contributed by atoms with Crippen molar-refractivity contribution in [2.75, 3.05) is 5.32 Å². The smallest absolute Gasteiger partial charge is 0.267 e. The molecular weight excluding hydrogens is 320 g/mol. The molecule has 114 valence electrons. The van der Waals surface area contributed by atoms with E-state index in [-0.39, 0.29) is 11.5 Å². The SMILES string of the molecule is CCn1cnc2sc(C(=O)Nc3nc(C)cs3)c(C)c2c1=O. The molecule has 0 saturated heterocycles. The lowest BCUT2D eigenvalue weighted by atomic mass is 10.2. The van der Waals surface area contributed by atoms with Crippen LogP contribution in [0.5, 0.6) is 0 Å². The quantitative estimate of drug-likeness (QED) is 0.799. The van der Waals surface area contributed by atoms with Gasteiger partial charge in [-0.15, -0.1) is 22.7 Å². The molecule has 1 amide bonds. The first-order chi connectivity index (χ1) is 10.5. The van der Waals surface area contributed by atoms with Crippen molar-refractivity contribution >= 4 is 43.9 Å². The van der Waals surface area contributed by atoms with E-state index in [1.54, 1.807) is 6.92 Å². The van der Waals surface area contributed by atoms with Gasteiger partial charge in [-0.3, -0.25) is 19.5 Å². The van der Waals surface area contributed by atoms with E-state index in [1.807, 2.05) is 19.2 Å². The van der Waals surface area contributed by atoms with Crippen molar-refractivity contribution in [1.29, 1.82) is 0 Å².